The topological polar surface area (TPSA) is 58.9 Å². The first-order valence-corrected chi connectivity index (χ1v) is 4.93. The molecule has 0 amide bonds. The molecule has 74 valence electrons. The van der Waals surface area contributed by atoms with Gasteiger partial charge in [-0.2, -0.15) is 0 Å². The standard InChI is InChI=1S/C8H8BBrO4/c10-6-2-1-5(9(11)12)7-8(6)14-4-3-13-7/h1-2,11-12H,3-4H2. The van der Waals surface area contributed by atoms with Crippen molar-refractivity contribution in [1.82, 2.24) is 0 Å². The summed E-state index contributed by atoms with van der Waals surface area (Å²) < 4.78 is 11.4. The number of halogens is 1. The van der Waals surface area contributed by atoms with Crippen LogP contribution in [0.25, 0.3) is 0 Å². The minimum Gasteiger partial charge on any atom is -0.486 e. The average Bonchev–Trinajstić information content (AvgIpc) is 2.18. The Morgan fingerprint density at radius 1 is 1.14 bits per heavy atom. The molecule has 0 aliphatic carbocycles. The van der Waals surface area contributed by atoms with Crippen LogP contribution >= 0.6 is 15.9 Å². The third-order valence-electron chi connectivity index (χ3n) is 1.95. The van der Waals surface area contributed by atoms with Crippen molar-refractivity contribution < 1.29 is 19.5 Å². The summed E-state index contributed by atoms with van der Waals surface area (Å²) >= 11 is 3.30. The molecule has 0 aromatic heterocycles. The highest BCUT2D eigenvalue weighted by Gasteiger charge is 2.25. The highest BCUT2D eigenvalue weighted by atomic mass is 79.9. The van der Waals surface area contributed by atoms with Gasteiger partial charge in [0.2, 0.25) is 0 Å². The van der Waals surface area contributed by atoms with E-state index in [0.717, 1.165) is 4.47 Å². The van der Waals surface area contributed by atoms with Crippen molar-refractivity contribution in [2.45, 2.75) is 0 Å². The number of ether oxygens (including phenoxy) is 2. The first-order chi connectivity index (χ1) is 6.70. The second-order valence-electron chi connectivity index (χ2n) is 2.87. The van der Waals surface area contributed by atoms with Gasteiger partial charge in [0.05, 0.1) is 4.47 Å². The number of hydrogen-bond acceptors (Lipinski definition) is 4. The lowest BCUT2D eigenvalue weighted by Gasteiger charge is -2.21. The quantitative estimate of drug-likeness (QED) is 0.691. The van der Waals surface area contributed by atoms with Gasteiger partial charge in [-0.25, -0.2) is 0 Å². The average molecular weight is 259 g/mol. The summed E-state index contributed by atoms with van der Waals surface area (Å²) in [6, 6.07) is 3.28. The van der Waals surface area contributed by atoms with E-state index in [0.29, 0.717) is 30.2 Å². The van der Waals surface area contributed by atoms with Crippen molar-refractivity contribution in [3.8, 4) is 11.5 Å². The number of benzene rings is 1. The van der Waals surface area contributed by atoms with Crippen LogP contribution in [0.15, 0.2) is 16.6 Å². The van der Waals surface area contributed by atoms with Crippen LogP contribution < -0.4 is 14.9 Å². The maximum Gasteiger partial charge on any atom is 0.492 e. The molecular weight excluding hydrogens is 251 g/mol. The molecule has 14 heavy (non-hydrogen) atoms. The first-order valence-electron chi connectivity index (χ1n) is 4.14. The summed E-state index contributed by atoms with van der Waals surface area (Å²) in [7, 11) is -1.54. The first kappa shape index (κ1) is 9.83. The predicted octanol–water partition coefficient (Wildman–Crippen LogP) is -0.0999. The summed E-state index contributed by atoms with van der Waals surface area (Å²) in [6.07, 6.45) is 0. The molecule has 2 rings (SSSR count). The summed E-state index contributed by atoms with van der Waals surface area (Å²) in [5.41, 5.74) is 0.322. The number of hydrogen-bond donors (Lipinski definition) is 2. The van der Waals surface area contributed by atoms with E-state index < -0.39 is 7.12 Å². The predicted molar refractivity (Wildman–Crippen MR) is 55.0 cm³/mol. The minimum atomic E-state index is -1.54. The molecule has 2 N–H and O–H groups in total. The van der Waals surface area contributed by atoms with Crippen molar-refractivity contribution in [2.75, 3.05) is 13.2 Å². The molecular formula is C8H8BBrO4. The molecule has 1 aliphatic rings. The largest absolute Gasteiger partial charge is 0.492 e. The van der Waals surface area contributed by atoms with Crippen LogP contribution in [0.1, 0.15) is 0 Å². The van der Waals surface area contributed by atoms with Crippen LogP contribution in [-0.2, 0) is 0 Å². The molecule has 1 aromatic carbocycles. The van der Waals surface area contributed by atoms with Gasteiger partial charge in [0, 0.05) is 5.46 Å². The fraction of sp³-hybridized carbons (Fsp3) is 0.250. The van der Waals surface area contributed by atoms with Gasteiger partial charge in [0.25, 0.3) is 0 Å². The lowest BCUT2D eigenvalue weighted by molar-refractivity contribution is 0.171. The van der Waals surface area contributed by atoms with E-state index in [4.69, 9.17) is 19.5 Å². The van der Waals surface area contributed by atoms with Gasteiger partial charge in [-0.3, -0.25) is 0 Å². The maximum atomic E-state index is 9.08. The van der Waals surface area contributed by atoms with E-state index in [1.54, 1.807) is 12.1 Å². The fourth-order valence-corrected chi connectivity index (χ4v) is 1.75. The van der Waals surface area contributed by atoms with Crippen LogP contribution in [0.3, 0.4) is 0 Å². The van der Waals surface area contributed by atoms with Crippen molar-refractivity contribution in [3.05, 3.63) is 16.6 Å². The van der Waals surface area contributed by atoms with Gasteiger partial charge in [-0.15, -0.1) is 0 Å². The lowest BCUT2D eigenvalue weighted by atomic mass is 9.79. The molecule has 0 spiro atoms. The Kier molecular flexibility index (Phi) is 2.67. The zero-order valence-corrected chi connectivity index (χ0v) is 8.82. The Morgan fingerprint density at radius 3 is 2.43 bits per heavy atom. The number of fused-ring (bicyclic) bond motifs is 1. The van der Waals surface area contributed by atoms with Crippen molar-refractivity contribution >= 4 is 28.5 Å². The van der Waals surface area contributed by atoms with E-state index in [1.807, 2.05) is 0 Å². The zero-order valence-electron chi connectivity index (χ0n) is 7.24. The Balaban J connectivity index is 2.53. The van der Waals surface area contributed by atoms with E-state index in [1.165, 1.54) is 0 Å². The van der Waals surface area contributed by atoms with Crippen LogP contribution in [-0.4, -0.2) is 30.4 Å². The van der Waals surface area contributed by atoms with E-state index in [-0.39, 0.29) is 0 Å². The lowest BCUT2D eigenvalue weighted by Crippen LogP contribution is -2.33. The van der Waals surface area contributed by atoms with Gasteiger partial charge in [0.15, 0.2) is 11.5 Å². The fourth-order valence-electron chi connectivity index (χ4n) is 1.33. The molecule has 0 atom stereocenters. The highest BCUT2D eigenvalue weighted by Crippen LogP contribution is 2.35. The Hall–Kier alpha value is -0.715. The minimum absolute atomic E-state index is 0.322. The third kappa shape index (κ3) is 1.60. The smallest absolute Gasteiger partial charge is 0.486 e. The van der Waals surface area contributed by atoms with E-state index in [2.05, 4.69) is 15.9 Å². The molecule has 0 unspecified atom stereocenters. The summed E-state index contributed by atoms with van der Waals surface area (Å²) in [6.45, 7) is 0.889. The zero-order chi connectivity index (χ0) is 10.1. The summed E-state index contributed by atoms with van der Waals surface area (Å²) in [5, 5.41) is 18.2. The van der Waals surface area contributed by atoms with Gasteiger partial charge < -0.3 is 19.5 Å². The van der Waals surface area contributed by atoms with Crippen LogP contribution in [0.4, 0.5) is 0 Å². The second-order valence-corrected chi connectivity index (χ2v) is 3.72. The van der Waals surface area contributed by atoms with Crippen molar-refractivity contribution in [2.24, 2.45) is 0 Å². The van der Waals surface area contributed by atoms with Crippen molar-refractivity contribution in [3.63, 3.8) is 0 Å². The Bertz CT molecular complexity index is 355. The van der Waals surface area contributed by atoms with Gasteiger partial charge in [-0.1, -0.05) is 6.07 Å². The van der Waals surface area contributed by atoms with Gasteiger partial charge in [0.1, 0.15) is 13.2 Å². The van der Waals surface area contributed by atoms with Crippen LogP contribution in [0.5, 0.6) is 11.5 Å². The van der Waals surface area contributed by atoms with Crippen molar-refractivity contribution in [1.29, 1.82) is 0 Å². The molecule has 0 bridgehead atoms. The molecule has 4 nitrogen and oxygen atoms in total. The van der Waals surface area contributed by atoms with E-state index in [9.17, 15) is 0 Å². The Morgan fingerprint density at radius 2 is 1.79 bits per heavy atom. The molecule has 6 heteroatoms. The van der Waals surface area contributed by atoms with Crippen LogP contribution in [0.2, 0.25) is 0 Å². The summed E-state index contributed by atoms with van der Waals surface area (Å²) in [4.78, 5) is 0. The monoisotopic (exact) mass is 258 g/mol. The van der Waals surface area contributed by atoms with Crippen LogP contribution in [0, 0.1) is 0 Å². The van der Waals surface area contributed by atoms with Gasteiger partial charge in [-0.05, 0) is 22.0 Å². The molecule has 0 radical (unpaired) electrons. The molecule has 0 saturated carbocycles. The molecule has 1 aliphatic heterocycles. The normalized spacial score (nSPS) is 13.9. The summed E-state index contributed by atoms with van der Waals surface area (Å²) in [5.74, 6) is 0.933. The van der Waals surface area contributed by atoms with E-state index >= 15 is 0 Å². The maximum absolute atomic E-state index is 9.08. The molecule has 0 saturated heterocycles. The highest BCUT2D eigenvalue weighted by molar-refractivity contribution is 9.10. The number of rotatable bonds is 1. The molecule has 1 heterocycles. The second kappa shape index (κ2) is 3.80. The Labute approximate surface area is 89.7 Å². The SMILES string of the molecule is OB(O)c1ccc(Br)c2c1OCCO2. The molecule has 1 aromatic rings. The third-order valence-corrected chi connectivity index (χ3v) is 2.57. The molecule has 0 fully saturated rings. The van der Waals surface area contributed by atoms with Gasteiger partial charge >= 0.3 is 7.12 Å².